The van der Waals surface area contributed by atoms with Gasteiger partial charge in [-0.05, 0) is 71.8 Å². The van der Waals surface area contributed by atoms with Gasteiger partial charge in [0.05, 0.1) is 76.7 Å². The first-order valence-electron chi connectivity index (χ1n) is 22.1. The number of fused-ring (bicyclic) bond motifs is 2. The van der Waals surface area contributed by atoms with Crippen molar-refractivity contribution >= 4 is 28.7 Å². The quantitative estimate of drug-likeness (QED) is 0.115. The summed E-state index contributed by atoms with van der Waals surface area (Å²) in [7, 11) is 0. The molecule has 12 heteroatoms. The third kappa shape index (κ3) is 9.24. The van der Waals surface area contributed by atoms with Gasteiger partial charge in [0.25, 0.3) is 0 Å². The topological polar surface area (TPSA) is 183 Å². The lowest BCUT2D eigenvalue weighted by molar-refractivity contribution is 0.0840. The second kappa shape index (κ2) is 19.2. The number of nitrogen functional groups attached to an aromatic ring is 1. The minimum Gasteiger partial charge on any atom is -0.489 e. The SMILES string of the molecule is N#Cc1ccc(COc2ccc3c(c2)OC(c2ccncc2N)CC3=O)cc1-c1cc(COc2ccc3c(c2)OC(c2ccncc2N=C(c2ccccc2)c2ccccc2)CC3=O)ccc1C#N. The summed E-state index contributed by atoms with van der Waals surface area (Å²) in [5.41, 5.74) is 15.5. The Balaban J connectivity index is 0.858. The van der Waals surface area contributed by atoms with Crippen molar-refractivity contribution in [2.75, 3.05) is 5.73 Å². The maximum atomic E-state index is 13.6. The molecular formula is C57H40N6O6. The lowest BCUT2D eigenvalue weighted by atomic mass is 9.93. The first-order valence-corrected chi connectivity index (χ1v) is 22.1. The van der Waals surface area contributed by atoms with Gasteiger partial charge in [-0.25, -0.2) is 4.99 Å². The number of rotatable bonds is 12. The molecule has 2 aliphatic rings. The van der Waals surface area contributed by atoms with Gasteiger partial charge in [0.15, 0.2) is 11.6 Å². The molecule has 6 aromatic carbocycles. The number of anilines is 1. The highest BCUT2D eigenvalue weighted by Crippen LogP contribution is 2.41. The number of benzene rings is 6. The minimum atomic E-state index is -0.629. The van der Waals surface area contributed by atoms with Crippen molar-refractivity contribution in [1.82, 2.24) is 9.97 Å². The van der Waals surface area contributed by atoms with E-state index in [-0.39, 0.29) is 37.6 Å². The van der Waals surface area contributed by atoms with Crippen LogP contribution >= 0.6 is 0 Å². The molecule has 0 saturated heterocycles. The first-order chi connectivity index (χ1) is 33.8. The van der Waals surface area contributed by atoms with Crippen molar-refractivity contribution in [2.45, 2.75) is 38.3 Å². The molecule has 69 heavy (non-hydrogen) atoms. The summed E-state index contributed by atoms with van der Waals surface area (Å²) in [5, 5.41) is 20.4. The number of Topliss-reactive ketones (excluding diaryl/α,β-unsaturated/α-hetero) is 2. The predicted octanol–water partition coefficient (Wildman–Crippen LogP) is 11.2. The van der Waals surface area contributed by atoms with Crippen LogP contribution < -0.4 is 24.7 Å². The van der Waals surface area contributed by atoms with Crippen LogP contribution in [0, 0.1) is 22.7 Å². The fourth-order valence-electron chi connectivity index (χ4n) is 8.55. The Morgan fingerprint density at radius 2 is 1.09 bits per heavy atom. The largest absolute Gasteiger partial charge is 0.489 e. The summed E-state index contributed by atoms with van der Waals surface area (Å²) in [5.74, 6) is 1.60. The van der Waals surface area contributed by atoms with Gasteiger partial charge in [-0.1, -0.05) is 72.8 Å². The number of hydrogen-bond acceptors (Lipinski definition) is 12. The van der Waals surface area contributed by atoms with Crippen molar-refractivity contribution in [3.05, 3.63) is 226 Å². The van der Waals surface area contributed by atoms with Gasteiger partial charge in [0.2, 0.25) is 0 Å². The van der Waals surface area contributed by atoms with Gasteiger partial charge in [-0.15, -0.1) is 0 Å². The van der Waals surface area contributed by atoms with Crippen molar-refractivity contribution in [3.8, 4) is 46.3 Å². The van der Waals surface area contributed by atoms with Crippen LogP contribution in [0.3, 0.4) is 0 Å². The molecule has 334 valence electrons. The first kappa shape index (κ1) is 43.5. The average molecular weight is 905 g/mol. The van der Waals surface area contributed by atoms with Crippen molar-refractivity contribution in [2.24, 2.45) is 4.99 Å². The fraction of sp³-hybridized carbons (Fsp3) is 0.105. The van der Waals surface area contributed by atoms with Gasteiger partial charge in [-0.3, -0.25) is 19.6 Å². The van der Waals surface area contributed by atoms with E-state index >= 15 is 0 Å². The van der Waals surface area contributed by atoms with E-state index in [1.54, 1.807) is 85.3 Å². The zero-order chi connectivity index (χ0) is 47.3. The lowest BCUT2D eigenvalue weighted by Gasteiger charge is -2.26. The molecule has 2 atom stereocenters. The van der Waals surface area contributed by atoms with E-state index in [9.17, 15) is 20.1 Å². The summed E-state index contributed by atoms with van der Waals surface area (Å²) < 4.78 is 25.3. The molecule has 2 unspecified atom stereocenters. The molecule has 0 bridgehead atoms. The van der Waals surface area contributed by atoms with Gasteiger partial charge >= 0.3 is 0 Å². The third-order valence-electron chi connectivity index (χ3n) is 12.0. The Bertz CT molecular complexity index is 3360. The second-order valence-corrected chi connectivity index (χ2v) is 16.5. The van der Waals surface area contributed by atoms with Crippen molar-refractivity contribution in [1.29, 1.82) is 10.5 Å². The normalized spacial score (nSPS) is 14.7. The average Bonchev–Trinajstić information content (AvgIpc) is 3.39. The third-order valence-corrected chi connectivity index (χ3v) is 12.0. The summed E-state index contributed by atoms with van der Waals surface area (Å²) in [6.07, 6.45) is 5.59. The maximum absolute atomic E-state index is 13.6. The smallest absolute Gasteiger partial charge is 0.170 e. The number of ether oxygens (including phenoxy) is 4. The number of nitrogens with zero attached hydrogens (tertiary/aromatic N) is 5. The lowest BCUT2D eigenvalue weighted by Crippen LogP contribution is -2.21. The van der Waals surface area contributed by atoms with Crippen LogP contribution in [0.25, 0.3) is 11.1 Å². The molecule has 0 fully saturated rings. The standard InChI is InChI=1S/C57H40N6O6/c58-29-39-13-11-35(33-66-41-15-17-45-51(64)27-55(68-53(45)25-41)43-19-21-61-31-49(43)60)23-47(39)48-24-36(12-14-40(48)30-59)34-67-42-16-18-46-52(65)28-56(69-54(46)26-42)44-20-22-62-32-50(44)63-57(37-7-3-1-4-8-37)38-9-5-2-6-10-38/h1-26,31-32,55-56H,27-28,33-34,60H2. The van der Waals surface area contributed by atoms with E-state index in [1.165, 1.54) is 6.20 Å². The zero-order valence-corrected chi connectivity index (χ0v) is 36.9. The molecule has 2 aromatic heterocycles. The van der Waals surface area contributed by atoms with E-state index in [2.05, 4.69) is 22.1 Å². The number of hydrogen-bond donors (Lipinski definition) is 1. The number of nitrogens with two attached hydrogens (primary N) is 1. The van der Waals surface area contributed by atoms with Crippen LogP contribution in [0.1, 0.15) is 90.3 Å². The molecular weight excluding hydrogens is 865 g/mol. The molecule has 8 aromatic rings. The van der Waals surface area contributed by atoms with Crippen LogP contribution in [-0.2, 0) is 13.2 Å². The van der Waals surface area contributed by atoms with E-state index in [0.717, 1.165) is 33.5 Å². The van der Waals surface area contributed by atoms with E-state index < -0.39 is 12.2 Å². The van der Waals surface area contributed by atoms with Crippen LogP contribution in [0.15, 0.2) is 175 Å². The van der Waals surface area contributed by atoms with E-state index in [0.29, 0.717) is 73.3 Å². The summed E-state index contributed by atoms with van der Waals surface area (Å²) in [6, 6.07) is 48.9. The Labute approximate surface area is 397 Å². The van der Waals surface area contributed by atoms with Crippen LogP contribution in [-0.4, -0.2) is 27.2 Å². The Hall–Kier alpha value is -9.39. The second-order valence-electron chi connectivity index (χ2n) is 16.5. The van der Waals surface area contributed by atoms with Gasteiger partial charge in [-0.2, -0.15) is 10.5 Å². The maximum Gasteiger partial charge on any atom is 0.170 e. The summed E-state index contributed by atoms with van der Waals surface area (Å²) >= 11 is 0. The van der Waals surface area contributed by atoms with Crippen LogP contribution in [0.5, 0.6) is 23.0 Å². The summed E-state index contributed by atoms with van der Waals surface area (Å²) in [4.78, 5) is 40.2. The number of pyridine rings is 2. The number of carbonyl (C=O) groups is 2. The minimum absolute atomic E-state index is 0.0667. The molecule has 10 rings (SSSR count). The Morgan fingerprint density at radius 1 is 0.594 bits per heavy atom. The number of aliphatic imine (C=N–C) groups is 1. The van der Waals surface area contributed by atoms with Crippen LogP contribution in [0.2, 0.25) is 0 Å². The van der Waals surface area contributed by atoms with Crippen molar-refractivity contribution < 1.29 is 28.5 Å². The predicted molar refractivity (Wildman–Crippen MR) is 259 cm³/mol. The molecule has 2 aliphatic heterocycles. The van der Waals surface area contributed by atoms with Crippen molar-refractivity contribution in [3.63, 3.8) is 0 Å². The monoisotopic (exact) mass is 904 g/mol. The summed E-state index contributed by atoms with van der Waals surface area (Å²) in [6.45, 7) is 0.237. The van der Waals surface area contributed by atoms with Gasteiger partial charge in [0.1, 0.15) is 48.4 Å². The van der Waals surface area contributed by atoms with E-state index in [4.69, 9.17) is 29.7 Å². The Morgan fingerprint density at radius 3 is 1.59 bits per heavy atom. The number of aromatic nitrogens is 2. The highest BCUT2D eigenvalue weighted by atomic mass is 16.5. The fourth-order valence-corrected chi connectivity index (χ4v) is 8.55. The molecule has 0 radical (unpaired) electrons. The number of nitriles is 2. The highest BCUT2D eigenvalue weighted by Gasteiger charge is 2.31. The highest BCUT2D eigenvalue weighted by molar-refractivity contribution is 6.14. The zero-order valence-electron chi connectivity index (χ0n) is 36.9. The van der Waals surface area contributed by atoms with E-state index in [1.807, 2.05) is 78.9 Å². The Kier molecular flexibility index (Phi) is 12.1. The molecule has 4 heterocycles. The molecule has 2 N–H and O–H groups in total. The molecule has 0 saturated carbocycles. The molecule has 12 nitrogen and oxygen atoms in total. The molecule has 0 spiro atoms. The molecule has 0 amide bonds. The number of ketones is 2. The number of carbonyl (C=O) groups excluding carboxylic acids is 2. The molecule has 0 aliphatic carbocycles. The van der Waals surface area contributed by atoms with Crippen LogP contribution in [0.4, 0.5) is 11.4 Å². The van der Waals surface area contributed by atoms with Gasteiger partial charge in [0, 0.05) is 57.9 Å². The van der Waals surface area contributed by atoms with Gasteiger partial charge < -0.3 is 24.7 Å².